The molecule has 12 aromatic rings. The molecule has 1 aliphatic heterocycles. The number of para-hydroxylation sites is 2. The molecule has 0 spiro atoms. The highest BCUT2D eigenvalue weighted by Crippen LogP contribution is 2.45. The second-order valence-corrected chi connectivity index (χ2v) is 19.1. The molecule has 5 heteroatoms. The number of hydrogen-bond donors (Lipinski definition) is 2. The predicted molar refractivity (Wildman–Crippen MR) is 287 cm³/mol. The largest absolute Gasteiger partial charge is 0.312 e. The van der Waals surface area contributed by atoms with Crippen molar-refractivity contribution in [1.29, 1.82) is 0 Å². The monoisotopic (exact) mass is 888 g/mol. The first-order chi connectivity index (χ1) is 34.1. The van der Waals surface area contributed by atoms with Crippen LogP contribution in [0.15, 0.2) is 218 Å². The molecule has 0 radical (unpaired) electrons. The predicted octanol–water partition coefficient (Wildman–Crippen LogP) is 14.1. The Morgan fingerprint density at radius 2 is 1.13 bits per heavy atom. The summed E-state index contributed by atoms with van der Waals surface area (Å²) < 4.78 is 5.03. The summed E-state index contributed by atoms with van der Waals surface area (Å²) >= 11 is 0. The quantitative estimate of drug-likeness (QED) is 0.112. The van der Waals surface area contributed by atoms with Gasteiger partial charge in [0.2, 0.25) is 0 Å². The number of nitrogens with two attached hydrogens (primary N) is 2. The molecule has 4 N–H and O–H groups in total. The minimum atomic E-state index is -0.251. The van der Waals surface area contributed by atoms with Gasteiger partial charge in [0, 0.05) is 56.2 Å². The van der Waals surface area contributed by atoms with Gasteiger partial charge >= 0.3 is 0 Å². The molecule has 4 unspecified atom stereocenters. The fourth-order valence-corrected chi connectivity index (χ4v) is 11.7. The zero-order valence-electron chi connectivity index (χ0n) is 38.2. The lowest BCUT2D eigenvalue weighted by Crippen LogP contribution is -2.90. The minimum Gasteiger partial charge on any atom is -0.312 e. The van der Waals surface area contributed by atoms with Crippen molar-refractivity contribution in [1.82, 2.24) is 14.0 Å². The van der Waals surface area contributed by atoms with Crippen molar-refractivity contribution in [3.8, 4) is 22.5 Å². The summed E-state index contributed by atoms with van der Waals surface area (Å²) in [6.45, 7) is 0.942. The Balaban J connectivity index is 0.866. The number of rotatable bonds is 9. The number of fused-ring (bicyclic) bond motifs is 9. The van der Waals surface area contributed by atoms with Crippen molar-refractivity contribution in [2.45, 2.75) is 31.2 Å². The second-order valence-electron chi connectivity index (χ2n) is 19.1. The molecule has 1 fully saturated rings. The van der Waals surface area contributed by atoms with Crippen LogP contribution in [0.1, 0.15) is 52.7 Å². The van der Waals surface area contributed by atoms with E-state index in [1.54, 1.807) is 0 Å². The third kappa shape index (κ3) is 6.73. The summed E-state index contributed by atoms with van der Waals surface area (Å²) in [5.41, 5.74) is 22.2. The Morgan fingerprint density at radius 1 is 0.478 bits per heavy atom. The Kier molecular flexibility index (Phi) is 9.31. The van der Waals surface area contributed by atoms with Crippen molar-refractivity contribution in [3.63, 3.8) is 0 Å². The van der Waals surface area contributed by atoms with Crippen LogP contribution in [-0.4, -0.2) is 20.6 Å². The summed E-state index contributed by atoms with van der Waals surface area (Å²) in [5, 5.41) is 13.7. The van der Waals surface area contributed by atoms with Gasteiger partial charge in [-0.25, -0.2) is 4.90 Å². The Bertz CT molecular complexity index is 3950. The van der Waals surface area contributed by atoms with E-state index in [0.29, 0.717) is 0 Å². The molecule has 4 atom stereocenters. The van der Waals surface area contributed by atoms with Crippen LogP contribution in [0.3, 0.4) is 0 Å². The van der Waals surface area contributed by atoms with Crippen molar-refractivity contribution < 1.29 is 5.32 Å². The molecule has 2 aliphatic rings. The first kappa shape index (κ1) is 40.0. The maximum Gasteiger partial charge on any atom is 0.170 e. The van der Waals surface area contributed by atoms with Crippen molar-refractivity contribution in [2.75, 3.05) is 6.54 Å². The Morgan fingerprint density at radius 3 is 1.93 bits per heavy atom. The number of nitrogens with zero attached hydrogens (tertiary/aromatic N) is 3. The number of allylic oxidation sites excluding steroid dienone is 1. The van der Waals surface area contributed by atoms with Crippen molar-refractivity contribution >= 4 is 71.1 Å². The highest BCUT2D eigenvalue weighted by molar-refractivity contribution is 6.10. The lowest BCUT2D eigenvalue weighted by Gasteiger charge is -2.23. The summed E-state index contributed by atoms with van der Waals surface area (Å²) in [4.78, 5) is 2.63. The molecule has 3 heterocycles. The van der Waals surface area contributed by atoms with Gasteiger partial charge in [0.15, 0.2) is 12.3 Å². The third-order valence-electron chi connectivity index (χ3n) is 15.1. The smallest absolute Gasteiger partial charge is 0.170 e. The molecule has 2 aromatic heterocycles. The van der Waals surface area contributed by atoms with Gasteiger partial charge in [-0.2, -0.15) is 0 Å². The zero-order valence-corrected chi connectivity index (χ0v) is 38.2. The van der Waals surface area contributed by atoms with E-state index < -0.39 is 0 Å². The van der Waals surface area contributed by atoms with Gasteiger partial charge in [-0.15, -0.1) is 0 Å². The molecule has 1 aliphatic carbocycles. The molecule has 330 valence electrons. The molecule has 0 bridgehead atoms. The van der Waals surface area contributed by atoms with Crippen LogP contribution < -0.4 is 11.1 Å². The molecule has 0 amide bonds. The van der Waals surface area contributed by atoms with Crippen LogP contribution in [0.25, 0.3) is 93.6 Å². The summed E-state index contributed by atoms with van der Waals surface area (Å²) in [7, 11) is 0. The average molecular weight is 889 g/mol. The Hall–Kier alpha value is -8.06. The maximum atomic E-state index is 7.19. The molecular formula is C64H50N5+. The van der Waals surface area contributed by atoms with E-state index in [1.807, 2.05) is 0 Å². The van der Waals surface area contributed by atoms with Gasteiger partial charge in [0.1, 0.15) is 0 Å². The van der Waals surface area contributed by atoms with Crippen LogP contribution in [-0.2, 0) is 6.42 Å². The topological polar surface area (TPSA) is 55.5 Å². The van der Waals surface area contributed by atoms with E-state index in [9.17, 15) is 0 Å². The van der Waals surface area contributed by atoms with Gasteiger partial charge in [0.25, 0.3) is 0 Å². The van der Waals surface area contributed by atoms with Gasteiger partial charge in [-0.05, 0) is 111 Å². The van der Waals surface area contributed by atoms with E-state index in [4.69, 9.17) is 5.73 Å². The minimum absolute atomic E-state index is 0.0161. The fourth-order valence-electron chi connectivity index (χ4n) is 11.7. The van der Waals surface area contributed by atoms with E-state index in [-0.39, 0.29) is 18.4 Å². The van der Waals surface area contributed by atoms with E-state index >= 15 is 0 Å². The number of aromatic nitrogens is 2. The standard InChI is InChI=1S/C64H49N5/c65-63(44-29-26-43(27-30-44)41-14-2-1-3-15-41)66-64(48-31-28-42-16-4-5-17-45(42)34-48)67-40-62(67)50-35-47-18-6-7-19-52(47)60(39-50)69-59-25-13-10-22-55(59)56-37-49-36-51(33-32-46(49)38-61(56)69)68-57-23-11-8-20-53(57)54-21-9-12-24-58(54)68/h1-12,14-24,26-39,62-64,66H,13,25,40,65H2/p+1. The lowest BCUT2D eigenvalue weighted by atomic mass is 10.00. The lowest BCUT2D eigenvalue weighted by molar-refractivity contribution is -0.748. The average Bonchev–Trinajstić information content (AvgIpc) is 4.05. The van der Waals surface area contributed by atoms with Crippen LogP contribution in [0.4, 0.5) is 0 Å². The maximum absolute atomic E-state index is 7.19. The summed E-state index contributed by atoms with van der Waals surface area (Å²) in [5.74, 6) is 0. The zero-order chi connectivity index (χ0) is 45.6. The van der Waals surface area contributed by atoms with Crippen LogP contribution in [0.5, 0.6) is 0 Å². The van der Waals surface area contributed by atoms with E-state index in [1.165, 1.54) is 110 Å². The highest BCUT2D eigenvalue weighted by Gasteiger charge is 2.45. The van der Waals surface area contributed by atoms with Crippen molar-refractivity contribution in [3.05, 3.63) is 246 Å². The molecule has 0 saturated carbocycles. The van der Waals surface area contributed by atoms with E-state index in [0.717, 1.165) is 24.9 Å². The van der Waals surface area contributed by atoms with Gasteiger partial charge in [-0.3, -0.25) is 5.73 Å². The van der Waals surface area contributed by atoms with Gasteiger partial charge < -0.3 is 14.5 Å². The van der Waals surface area contributed by atoms with Gasteiger partial charge in [0.05, 0.1) is 28.3 Å². The van der Waals surface area contributed by atoms with Crippen LogP contribution >= 0.6 is 0 Å². The highest BCUT2D eigenvalue weighted by atomic mass is 15.4. The van der Waals surface area contributed by atoms with E-state index in [2.05, 4.69) is 244 Å². The normalized spacial score (nSPS) is 16.5. The summed E-state index contributed by atoms with van der Waals surface area (Å²) in [6, 6.07) is 78.5. The first-order valence-electron chi connectivity index (χ1n) is 24.4. The number of hydrogen-bond acceptors (Lipinski definition) is 2. The fraction of sp³-hybridized carbons (Fsp3) is 0.0938. The number of quaternary nitrogens is 1. The first-order valence-corrected chi connectivity index (χ1v) is 24.4. The SMILES string of the molecule is NC([NH2+]C(c1ccc2ccccc2c1)N1CC1c1cc(-n2c3c(c4cc5cc(-n6c7ccccc7c7ccccc76)ccc5cc42)C=CCC3)c2ccccc2c1)c1ccc(-c2ccccc2)cc1. The van der Waals surface area contributed by atoms with Crippen LogP contribution in [0, 0.1) is 0 Å². The molecular weight excluding hydrogens is 839 g/mol. The third-order valence-corrected chi connectivity index (χ3v) is 15.1. The molecule has 14 rings (SSSR count). The molecule has 1 saturated heterocycles. The molecule has 10 aromatic carbocycles. The summed E-state index contributed by atoms with van der Waals surface area (Å²) in [6.07, 6.45) is 6.50. The number of benzene rings is 10. The van der Waals surface area contributed by atoms with Crippen molar-refractivity contribution in [2.24, 2.45) is 5.73 Å². The molecule has 5 nitrogen and oxygen atoms in total. The molecule has 69 heavy (non-hydrogen) atoms. The second kappa shape index (κ2) is 16.0. The van der Waals surface area contributed by atoms with Gasteiger partial charge in [-0.1, -0.05) is 170 Å². The van der Waals surface area contributed by atoms with Crippen LogP contribution in [0.2, 0.25) is 0 Å². The Labute approximate surface area is 401 Å².